The number of carbonyl (C=O) groups is 2. The van der Waals surface area contributed by atoms with Crippen molar-refractivity contribution in [2.45, 2.75) is 6.04 Å². The molecule has 1 saturated heterocycles. The van der Waals surface area contributed by atoms with E-state index in [4.69, 9.17) is 21.1 Å². The molecule has 2 N–H and O–H groups in total. The number of benzene rings is 1. The van der Waals surface area contributed by atoms with Crippen molar-refractivity contribution in [2.75, 3.05) is 39.2 Å². The summed E-state index contributed by atoms with van der Waals surface area (Å²) in [5.74, 6) is 0.247. The fourth-order valence-corrected chi connectivity index (χ4v) is 2.25. The van der Waals surface area contributed by atoms with Gasteiger partial charge >= 0.3 is 6.03 Å². The van der Waals surface area contributed by atoms with E-state index in [9.17, 15) is 9.59 Å². The normalized spacial score (nSPS) is 17.3. The number of carbonyl (C=O) groups excluding carboxylic acids is 2. The van der Waals surface area contributed by atoms with Gasteiger partial charge in [0.1, 0.15) is 18.4 Å². The topological polar surface area (TPSA) is 79.9 Å². The lowest BCUT2D eigenvalue weighted by molar-refractivity contribution is -0.119. The fraction of sp³-hybridized carbons (Fsp3) is 0.429. The van der Waals surface area contributed by atoms with Gasteiger partial charge < -0.3 is 25.0 Å². The molecule has 1 aliphatic heterocycles. The predicted octanol–water partition coefficient (Wildman–Crippen LogP) is 1.33. The van der Waals surface area contributed by atoms with E-state index in [1.807, 2.05) is 0 Å². The number of rotatable bonds is 6. The molecule has 1 unspecified atom stereocenters. The number of nitrogens with zero attached hydrogens (tertiary/aromatic N) is 1. The highest BCUT2D eigenvalue weighted by Crippen LogP contribution is 2.27. The first-order chi connectivity index (χ1) is 10.5. The van der Waals surface area contributed by atoms with Crippen LogP contribution in [0.1, 0.15) is 0 Å². The summed E-state index contributed by atoms with van der Waals surface area (Å²) in [4.78, 5) is 24.9. The average molecular weight is 328 g/mol. The third-order valence-corrected chi connectivity index (χ3v) is 3.58. The molecule has 1 atom stereocenters. The van der Waals surface area contributed by atoms with Crippen molar-refractivity contribution in [3.8, 4) is 5.75 Å². The Morgan fingerprint density at radius 3 is 2.86 bits per heavy atom. The van der Waals surface area contributed by atoms with Gasteiger partial charge in [0.2, 0.25) is 5.91 Å². The summed E-state index contributed by atoms with van der Waals surface area (Å²) in [6.07, 6.45) is 0. The molecule has 0 saturated carbocycles. The summed E-state index contributed by atoms with van der Waals surface area (Å²) >= 11 is 6.11. The molecular formula is C14H18ClN3O4. The predicted molar refractivity (Wildman–Crippen MR) is 82.4 cm³/mol. The number of likely N-dealkylation sites (N-methyl/N-ethyl adjacent to an activating group) is 1. The van der Waals surface area contributed by atoms with E-state index < -0.39 is 6.04 Å². The number of hydrogen-bond acceptors (Lipinski definition) is 4. The Kier molecular flexibility index (Phi) is 5.46. The molecule has 8 heteroatoms. The van der Waals surface area contributed by atoms with Gasteiger partial charge in [-0.15, -0.1) is 0 Å². The summed E-state index contributed by atoms with van der Waals surface area (Å²) in [5, 5.41) is 5.73. The number of urea groups is 1. The molecule has 0 bridgehead atoms. The third-order valence-electron chi connectivity index (χ3n) is 3.28. The van der Waals surface area contributed by atoms with Gasteiger partial charge in [0.05, 0.1) is 11.6 Å². The Hall–Kier alpha value is -1.99. The lowest BCUT2D eigenvalue weighted by Gasteiger charge is -2.17. The quantitative estimate of drug-likeness (QED) is 0.772. The molecule has 3 amide bonds. The average Bonchev–Trinajstić information content (AvgIpc) is 2.81. The molecule has 22 heavy (non-hydrogen) atoms. The van der Waals surface area contributed by atoms with Gasteiger partial charge in [-0.1, -0.05) is 11.6 Å². The highest BCUT2D eigenvalue weighted by molar-refractivity contribution is 6.32. The molecule has 120 valence electrons. The molecule has 2 rings (SSSR count). The number of anilines is 1. The molecule has 1 aromatic carbocycles. The second-order valence-corrected chi connectivity index (χ2v) is 5.20. The third kappa shape index (κ3) is 3.80. The van der Waals surface area contributed by atoms with E-state index in [1.54, 1.807) is 32.4 Å². The van der Waals surface area contributed by atoms with Gasteiger partial charge in [-0.3, -0.25) is 4.79 Å². The lowest BCUT2D eigenvalue weighted by atomic mass is 10.2. The molecule has 0 aliphatic carbocycles. The zero-order valence-corrected chi connectivity index (χ0v) is 13.1. The van der Waals surface area contributed by atoms with Crippen molar-refractivity contribution in [2.24, 2.45) is 0 Å². The second-order valence-electron chi connectivity index (χ2n) is 4.79. The highest BCUT2D eigenvalue weighted by atomic mass is 35.5. The number of ether oxygens (including phenoxy) is 2. The minimum Gasteiger partial charge on any atom is -0.490 e. The Morgan fingerprint density at radius 2 is 2.27 bits per heavy atom. The SMILES string of the molecule is COCCOc1ccc(NC(=O)C2CNC(=O)N2C)cc1Cl. The monoisotopic (exact) mass is 327 g/mol. The Morgan fingerprint density at radius 1 is 1.50 bits per heavy atom. The number of methoxy groups -OCH3 is 1. The molecule has 0 aromatic heterocycles. The number of halogens is 1. The van der Waals surface area contributed by atoms with Gasteiger partial charge in [-0.25, -0.2) is 4.79 Å². The standard InChI is InChI=1S/C14H18ClN3O4/c1-18-11(8-16-14(18)20)13(19)17-9-3-4-12(10(15)7-9)22-6-5-21-2/h3-4,7,11H,5-6,8H2,1-2H3,(H,16,20)(H,17,19). The first-order valence-electron chi connectivity index (χ1n) is 6.75. The van der Waals surface area contributed by atoms with E-state index in [1.165, 1.54) is 4.90 Å². The van der Waals surface area contributed by atoms with Crippen LogP contribution in [0.2, 0.25) is 5.02 Å². The highest BCUT2D eigenvalue weighted by Gasteiger charge is 2.32. The minimum absolute atomic E-state index is 0.264. The van der Waals surface area contributed by atoms with Crippen LogP contribution < -0.4 is 15.4 Å². The fourth-order valence-electron chi connectivity index (χ4n) is 2.01. The van der Waals surface area contributed by atoms with Gasteiger partial charge in [-0.2, -0.15) is 0 Å². The van der Waals surface area contributed by atoms with Crippen molar-refractivity contribution in [3.63, 3.8) is 0 Å². The number of hydrogen-bond donors (Lipinski definition) is 2. The van der Waals surface area contributed by atoms with Crippen LogP contribution in [0.15, 0.2) is 18.2 Å². The molecular weight excluding hydrogens is 310 g/mol. The summed E-state index contributed by atoms with van der Waals surface area (Å²) in [7, 11) is 3.16. The summed E-state index contributed by atoms with van der Waals surface area (Å²) < 4.78 is 10.3. The summed E-state index contributed by atoms with van der Waals surface area (Å²) in [6, 6.07) is 4.17. The maximum atomic E-state index is 12.1. The molecule has 1 aliphatic rings. The van der Waals surface area contributed by atoms with E-state index in [0.29, 0.717) is 29.7 Å². The number of nitrogens with one attached hydrogen (secondary N) is 2. The van der Waals surface area contributed by atoms with Crippen LogP contribution in [-0.4, -0.2) is 56.8 Å². The van der Waals surface area contributed by atoms with Crippen molar-refractivity contribution in [1.29, 1.82) is 0 Å². The van der Waals surface area contributed by atoms with Gasteiger partial charge in [-0.05, 0) is 18.2 Å². The van der Waals surface area contributed by atoms with Crippen LogP contribution in [-0.2, 0) is 9.53 Å². The van der Waals surface area contributed by atoms with E-state index >= 15 is 0 Å². The minimum atomic E-state index is -0.538. The molecule has 7 nitrogen and oxygen atoms in total. The first kappa shape index (κ1) is 16.4. The first-order valence-corrected chi connectivity index (χ1v) is 7.13. The van der Waals surface area contributed by atoms with E-state index in [0.717, 1.165) is 0 Å². The molecule has 0 spiro atoms. The summed E-state index contributed by atoms with van der Waals surface area (Å²) in [5.41, 5.74) is 0.543. The van der Waals surface area contributed by atoms with Crippen LogP contribution in [0, 0.1) is 0 Å². The van der Waals surface area contributed by atoms with Gasteiger partial charge in [0.25, 0.3) is 0 Å². The smallest absolute Gasteiger partial charge is 0.317 e. The van der Waals surface area contributed by atoms with E-state index in [-0.39, 0.29) is 18.5 Å². The van der Waals surface area contributed by atoms with Crippen LogP contribution in [0.4, 0.5) is 10.5 Å². The Bertz CT molecular complexity index is 567. The lowest BCUT2D eigenvalue weighted by Crippen LogP contribution is -2.40. The van der Waals surface area contributed by atoms with Gasteiger partial charge in [0, 0.05) is 26.4 Å². The van der Waals surface area contributed by atoms with Crippen LogP contribution in [0.5, 0.6) is 5.75 Å². The largest absolute Gasteiger partial charge is 0.490 e. The van der Waals surface area contributed by atoms with Crippen LogP contribution >= 0.6 is 11.6 Å². The van der Waals surface area contributed by atoms with Crippen molar-refractivity contribution in [1.82, 2.24) is 10.2 Å². The molecule has 1 heterocycles. The zero-order valence-electron chi connectivity index (χ0n) is 12.4. The Balaban J connectivity index is 1.97. The number of amides is 3. The zero-order chi connectivity index (χ0) is 16.1. The van der Waals surface area contributed by atoms with E-state index in [2.05, 4.69) is 10.6 Å². The van der Waals surface area contributed by atoms with Crippen molar-refractivity contribution < 1.29 is 19.1 Å². The maximum absolute atomic E-state index is 12.1. The Labute approximate surface area is 133 Å². The van der Waals surface area contributed by atoms with Gasteiger partial charge in [0.15, 0.2) is 0 Å². The van der Waals surface area contributed by atoms with Crippen LogP contribution in [0.3, 0.4) is 0 Å². The maximum Gasteiger partial charge on any atom is 0.317 e. The summed E-state index contributed by atoms with van der Waals surface area (Å²) in [6.45, 7) is 1.14. The van der Waals surface area contributed by atoms with Crippen molar-refractivity contribution in [3.05, 3.63) is 23.2 Å². The molecule has 0 radical (unpaired) electrons. The molecule has 1 fully saturated rings. The van der Waals surface area contributed by atoms with Crippen molar-refractivity contribution >= 4 is 29.2 Å². The second kappa shape index (κ2) is 7.33. The van der Waals surface area contributed by atoms with Crippen LogP contribution in [0.25, 0.3) is 0 Å². The molecule has 1 aromatic rings.